The average Bonchev–Trinajstić information content (AvgIpc) is 2.23. The molecule has 0 aliphatic rings. The van der Waals surface area contributed by atoms with Crippen LogP contribution in [0.15, 0.2) is 6.07 Å². The second-order valence-corrected chi connectivity index (χ2v) is 3.64. The van der Waals surface area contributed by atoms with Gasteiger partial charge < -0.3 is 5.11 Å². The summed E-state index contributed by atoms with van der Waals surface area (Å²) < 4.78 is 27.1. The fraction of sp³-hybridized carbons (Fsp3) is 0.455. The van der Waals surface area contributed by atoms with Crippen molar-refractivity contribution in [3.8, 4) is 0 Å². The minimum Gasteiger partial charge on any atom is -0.396 e. The van der Waals surface area contributed by atoms with Gasteiger partial charge in [-0.05, 0) is 30.0 Å². The molecule has 0 heterocycles. The van der Waals surface area contributed by atoms with E-state index in [0.717, 1.165) is 6.07 Å². The van der Waals surface area contributed by atoms with E-state index in [1.54, 1.807) is 6.92 Å². The number of hydrogen-bond acceptors (Lipinski definition) is 3. The molecule has 0 saturated heterocycles. The van der Waals surface area contributed by atoms with E-state index >= 15 is 0 Å². The van der Waals surface area contributed by atoms with Crippen LogP contribution in [-0.4, -0.2) is 16.6 Å². The van der Waals surface area contributed by atoms with Gasteiger partial charge in [0, 0.05) is 6.61 Å². The number of nitrogens with zero attached hydrogens (tertiary/aromatic N) is 1. The normalized spacial score (nSPS) is 10.6. The molecule has 0 amide bonds. The molecule has 0 aliphatic heterocycles. The van der Waals surface area contributed by atoms with Gasteiger partial charge in [-0.3, -0.25) is 10.1 Å². The predicted molar refractivity (Wildman–Crippen MR) is 57.8 cm³/mol. The Kier molecular flexibility index (Phi) is 4.51. The SMILES string of the molecule is CCCc1c(CCO)cc(F)c([N+](=O)[O-])c1F. The Balaban J connectivity index is 3.40. The third kappa shape index (κ3) is 2.76. The first-order valence-corrected chi connectivity index (χ1v) is 5.27. The largest absolute Gasteiger partial charge is 0.396 e. The molecule has 1 rings (SSSR count). The zero-order valence-electron chi connectivity index (χ0n) is 9.37. The molecule has 17 heavy (non-hydrogen) atoms. The van der Waals surface area contributed by atoms with Gasteiger partial charge in [-0.15, -0.1) is 0 Å². The molecule has 0 saturated carbocycles. The Hall–Kier alpha value is -1.56. The Morgan fingerprint density at radius 3 is 2.53 bits per heavy atom. The van der Waals surface area contributed by atoms with Gasteiger partial charge in [-0.2, -0.15) is 8.78 Å². The van der Waals surface area contributed by atoms with Crippen molar-refractivity contribution < 1.29 is 18.8 Å². The van der Waals surface area contributed by atoms with Crippen molar-refractivity contribution >= 4 is 5.69 Å². The molecule has 6 heteroatoms. The molecule has 0 aliphatic carbocycles. The molecular weight excluding hydrogens is 232 g/mol. The molecule has 0 aromatic heterocycles. The van der Waals surface area contributed by atoms with E-state index in [9.17, 15) is 18.9 Å². The number of hydrogen-bond donors (Lipinski definition) is 1. The van der Waals surface area contributed by atoms with Gasteiger partial charge in [0.05, 0.1) is 4.92 Å². The lowest BCUT2D eigenvalue weighted by molar-refractivity contribution is -0.390. The maximum Gasteiger partial charge on any atom is 0.340 e. The van der Waals surface area contributed by atoms with Crippen LogP contribution >= 0.6 is 0 Å². The Morgan fingerprint density at radius 1 is 1.41 bits per heavy atom. The maximum absolute atomic E-state index is 13.8. The highest BCUT2D eigenvalue weighted by atomic mass is 19.1. The standard InChI is InChI=1S/C11H13F2NO3/c1-2-3-8-7(4-5-15)6-9(12)11(10(8)13)14(16)17/h6,15H,2-5H2,1H3. The number of halogens is 2. The second-order valence-electron chi connectivity index (χ2n) is 3.64. The highest BCUT2D eigenvalue weighted by Gasteiger charge is 2.26. The van der Waals surface area contributed by atoms with Gasteiger partial charge in [-0.1, -0.05) is 13.3 Å². The second kappa shape index (κ2) is 5.67. The summed E-state index contributed by atoms with van der Waals surface area (Å²) >= 11 is 0. The molecule has 0 fully saturated rings. The maximum atomic E-state index is 13.8. The molecule has 1 aromatic carbocycles. The smallest absolute Gasteiger partial charge is 0.340 e. The Bertz CT molecular complexity index is 435. The van der Waals surface area contributed by atoms with Crippen LogP contribution in [0, 0.1) is 21.7 Å². The van der Waals surface area contributed by atoms with E-state index in [-0.39, 0.29) is 30.6 Å². The molecule has 1 N–H and O–H groups in total. The first kappa shape index (κ1) is 13.5. The quantitative estimate of drug-likeness (QED) is 0.639. The molecule has 1 aromatic rings. The summed E-state index contributed by atoms with van der Waals surface area (Å²) in [6, 6.07) is 0.933. The highest BCUT2D eigenvalue weighted by Crippen LogP contribution is 2.28. The zero-order chi connectivity index (χ0) is 13.0. The molecule has 4 nitrogen and oxygen atoms in total. The minimum atomic E-state index is -1.20. The predicted octanol–water partition coefficient (Wildman–Crippen LogP) is 2.36. The van der Waals surface area contributed by atoms with Crippen molar-refractivity contribution in [2.75, 3.05) is 6.61 Å². The van der Waals surface area contributed by atoms with Crippen LogP contribution in [0.25, 0.3) is 0 Å². The summed E-state index contributed by atoms with van der Waals surface area (Å²) in [4.78, 5) is 9.48. The summed E-state index contributed by atoms with van der Waals surface area (Å²) in [7, 11) is 0. The third-order valence-corrected chi connectivity index (χ3v) is 2.45. The van der Waals surface area contributed by atoms with Crippen molar-refractivity contribution in [1.82, 2.24) is 0 Å². The van der Waals surface area contributed by atoms with E-state index < -0.39 is 22.2 Å². The Labute approximate surface area is 97.0 Å². The van der Waals surface area contributed by atoms with Crippen molar-refractivity contribution in [3.05, 3.63) is 38.9 Å². The Morgan fingerprint density at radius 2 is 2.06 bits per heavy atom. The average molecular weight is 245 g/mol. The fourth-order valence-corrected chi connectivity index (χ4v) is 1.73. The number of benzene rings is 1. The third-order valence-electron chi connectivity index (χ3n) is 2.45. The molecule has 0 unspecified atom stereocenters. The van der Waals surface area contributed by atoms with E-state index in [2.05, 4.69) is 0 Å². The monoisotopic (exact) mass is 245 g/mol. The van der Waals surface area contributed by atoms with Crippen LogP contribution in [0.3, 0.4) is 0 Å². The topological polar surface area (TPSA) is 63.4 Å². The molecular formula is C11H13F2NO3. The summed E-state index contributed by atoms with van der Waals surface area (Å²) in [5.41, 5.74) is -0.709. The summed E-state index contributed by atoms with van der Waals surface area (Å²) in [6.45, 7) is 1.53. The molecule has 0 spiro atoms. The van der Waals surface area contributed by atoms with E-state index in [0.29, 0.717) is 6.42 Å². The van der Waals surface area contributed by atoms with Gasteiger partial charge in [0.2, 0.25) is 11.6 Å². The molecule has 94 valence electrons. The first-order valence-electron chi connectivity index (χ1n) is 5.27. The number of aliphatic hydroxyl groups excluding tert-OH is 1. The van der Waals surface area contributed by atoms with E-state index in [4.69, 9.17) is 5.11 Å². The lowest BCUT2D eigenvalue weighted by Crippen LogP contribution is -2.07. The van der Waals surface area contributed by atoms with Crippen molar-refractivity contribution in [2.45, 2.75) is 26.2 Å². The van der Waals surface area contributed by atoms with Crippen LogP contribution < -0.4 is 0 Å². The molecule has 0 bridgehead atoms. The van der Waals surface area contributed by atoms with Crippen LogP contribution in [0.2, 0.25) is 0 Å². The van der Waals surface area contributed by atoms with E-state index in [1.807, 2.05) is 0 Å². The summed E-state index contributed by atoms with van der Waals surface area (Å²) in [5, 5.41) is 19.3. The van der Waals surface area contributed by atoms with E-state index in [1.165, 1.54) is 0 Å². The van der Waals surface area contributed by atoms with Crippen LogP contribution in [0.5, 0.6) is 0 Å². The van der Waals surface area contributed by atoms with Gasteiger partial charge >= 0.3 is 5.69 Å². The highest BCUT2D eigenvalue weighted by molar-refractivity contribution is 5.43. The molecule has 0 atom stereocenters. The van der Waals surface area contributed by atoms with Crippen LogP contribution in [0.1, 0.15) is 24.5 Å². The summed E-state index contributed by atoms with van der Waals surface area (Å²) in [6.07, 6.45) is 0.946. The lowest BCUT2D eigenvalue weighted by atomic mass is 9.99. The number of nitro groups is 1. The lowest BCUT2D eigenvalue weighted by Gasteiger charge is -2.09. The van der Waals surface area contributed by atoms with Crippen molar-refractivity contribution in [1.29, 1.82) is 0 Å². The van der Waals surface area contributed by atoms with Crippen LogP contribution in [0.4, 0.5) is 14.5 Å². The summed E-state index contributed by atoms with van der Waals surface area (Å²) in [5.74, 6) is -2.32. The van der Waals surface area contributed by atoms with Gasteiger partial charge in [0.15, 0.2) is 0 Å². The minimum absolute atomic E-state index is 0.0845. The van der Waals surface area contributed by atoms with Crippen molar-refractivity contribution in [3.63, 3.8) is 0 Å². The van der Waals surface area contributed by atoms with Gasteiger partial charge in [0.25, 0.3) is 0 Å². The first-order chi connectivity index (χ1) is 8.02. The van der Waals surface area contributed by atoms with Crippen molar-refractivity contribution in [2.24, 2.45) is 0 Å². The number of aliphatic hydroxyl groups is 1. The van der Waals surface area contributed by atoms with Crippen LogP contribution in [-0.2, 0) is 12.8 Å². The van der Waals surface area contributed by atoms with Gasteiger partial charge in [-0.25, -0.2) is 0 Å². The van der Waals surface area contributed by atoms with Gasteiger partial charge in [0.1, 0.15) is 0 Å². The number of rotatable bonds is 5. The molecule has 0 radical (unpaired) electrons. The number of nitro benzene ring substituents is 1. The zero-order valence-corrected chi connectivity index (χ0v) is 9.37. The fourth-order valence-electron chi connectivity index (χ4n) is 1.73.